The van der Waals surface area contributed by atoms with Crippen LogP contribution in [0, 0.1) is 12.8 Å². The molecular formula is C22H35N5O3S. The molecule has 0 bridgehead atoms. The molecule has 2 aliphatic rings. The highest BCUT2D eigenvalue weighted by molar-refractivity contribution is 7.88. The van der Waals surface area contributed by atoms with Crippen molar-refractivity contribution >= 4 is 27.0 Å². The Morgan fingerprint density at radius 2 is 1.81 bits per heavy atom. The molecule has 31 heavy (non-hydrogen) atoms. The fraction of sp³-hybridized carbons (Fsp3) is 0.682. The van der Waals surface area contributed by atoms with Crippen LogP contribution in [0.15, 0.2) is 17.1 Å². The molecule has 2 aromatic rings. The van der Waals surface area contributed by atoms with Crippen molar-refractivity contribution in [2.45, 2.75) is 71.9 Å². The highest BCUT2D eigenvalue weighted by Crippen LogP contribution is 2.36. The third-order valence-corrected chi connectivity index (χ3v) is 7.66. The Kier molecular flexibility index (Phi) is 7.36. The topological polar surface area (TPSA) is 97.2 Å². The molecule has 0 radical (unpaired) electrons. The summed E-state index contributed by atoms with van der Waals surface area (Å²) in [6.07, 6.45) is 7.68. The number of nitrogens with zero attached hydrogens (tertiary/aromatic N) is 4. The molecule has 1 saturated carbocycles. The average molecular weight is 450 g/mol. The number of aryl methyl sites for hydroxylation is 1. The van der Waals surface area contributed by atoms with Gasteiger partial charge in [0.1, 0.15) is 5.65 Å². The first-order valence-corrected chi connectivity index (χ1v) is 13.2. The van der Waals surface area contributed by atoms with E-state index in [9.17, 15) is 13.2 Å². The van der Waals surface area contributed by atoms with Gasteiger partial charge in [0.15, 0.2) is 0 Å². The van der Waals surface area contributed by atoms with Gasteiger partial charge >= 0.3 is 0 Å². The summed E-state index contributed by atoms with van der Waals surface area (Å²) in [6, 6.07) is 2.15. The van der Waals surface area contributed by atoms with Crippen molar-refractivity contribution in [1.82, 2.24) is 18.8 Å². The molecule has 1 aliphatic carbocycles. The number of aromatic nitrogens is 3. The molecule has 1 N–H and O–H groups in total. The van der Waals surface area contributed by atoms with Crippen molar-refractivity contribution < 1.29 is 8.42 Å². The van der Waals surface area contributed by atoms with Crippen LogP contribution in [0.1, 0.15) is 64.5 Å². The lowest BCUT2D eigenvalue weighted by molar-refractivity contribution is 0.331. The summed E-state index contributed by atoms with van der Waals surface area (Å²) in [4.78, 5) is 22.2. The summed E-state index contributed by atoms with van der Waals surface area (Å²) in [5.74, 6) is 0.947. The zero-order valence-corrected chi connectivity index (χ0v) is 20.1. The SMILES string of the molecule is CC.Cc1cc2cnc(NC3CCN(S(C)(=O)=O)CC3)nc2n(C2CCCC2C)c1=O. The maximum absolute atomic E-state index is 13.0. The third kappa shape index (κ3) is 5.09. The molecule has 2 fully saturated rings. The quantitative estimate of drug-likeness (QED) is 0.769. The minimum atomic E-state index is -3.14. The number of nitrogens with one attached hydrogen (secondary N) is 1. The average Bonchev–Trinajstić information content (AvgIpc) is 3.16. The number of pyridine rings is 1. The Hall–Kier alpha value is -2.00. The van der Waals surface area contributed by atoms with Crippen LogP contribution in [0.4, 0.5) is 5.95 Å². The molecule has 0 amide bonds. The van der Waals surface area contributed by atoms with Gasteiger partial charge in [0.05, 0.1) is 6.26 Å². The highest BCUT2D eigenvalue weighted by Gasteiger charge is 2.29. The van der Waals surface area contributed by atoms with Crippen LogP contribution in [0.25, 0.3) is 11.0 Å². The first kappa shape index (κ1) is 23.7. The number of hydrogen-bond donors (Lipinski definition) is 1. The van der Waals surface area contributed by atoms with Crippen molar-refractivity contribution in [3.8, 4) is 0 Å². The number of hydrogen-bond acceptors (Lipinski definition) is 6. The fourth-order valence-electron chi connectivity index (χ4n) is 4.66. The Bertz CT molecular complexity index is 1070. The largest absolute Gasteiger partial charge is 0.351 e. The second kappa shape index (κ2) is 9.65. The summed E-state index contributed by atoms with van der Waals surface area (Å²) in [6.45, 7) is 9.04. The van der Waals surface area contributed by atoms with E-state index in [2.05, 4.69) is 17.2 Å². The molecule has 3 heterocycles. The standard InChI is InChI=1S/C20H29N5O3S.C2H6/c1-13-5-4-6-17(13)25-18-15(11-14(2)19(25)26)12-21-20(23-18)22-16-7-9-24(10-8-16)29(3,27)28;1-2/h11-13,16-17H,4-10H2,1-3H3,(H,21,22,23);1-2H3. The summed E-state index contributed by atoms with van der Waals surface area (Å²) in [5.41, 5.74) is 1.43. The van der Waals surface area contributed by atoms with E-state index >= 15 is 0 Å². The molecule has 8 nitrogen and oxygen atoms in total. The van der Waals surface area contributed by atoms with E-state index in [1.165, 1.54) is 10.6 Å². The molecule has 4 rings (SSSR count). The molecule has 2 unspecified atom stereocenters. The Balaban J connectivity index is 0.00000132. The molecule has 2 aromatic heterocycles. The van der Waals surface area contributed by atoms with Gasteiger partial charge in [0.25, 0.3) is 5.56 Å². The van der Waals surface area contributed by atoms with E-state index in [0.29, 0.717) is 49.0 Å². The van der Waals surface area contributed by atoms with Gasteiger partial charge in [0, 0.05) is 42.3 Å². The highest BCUT2D eigenvalue weighted by atomic mass is 32.2. The molecule has 172 valence electrons. The van der Waals surface area contributed by atoms with Crippen LogP contribution < -0.4 is 10.9 Å². The lowest BCUT2D eigenvalue weighted by Crippen LogP contribution is -2.42. The van der Waals surface area contributed by atoms with Crippen LogP contribution in [-0.2, 0) is 10.0 Å². The normalized spacial score (nSPS) is 22.9. The molecule has 0 spiro atoms. The van der Waals surface area contributed by atoms with Crippen molar-refractivity contribution in [3.63, 3.8) is 0 Å². The zero-order valence-electron chi connectivity index (χ0n) is 19.3. The van der Waals surface area contributed by atoms with Gasteiger partial charge in [-0.05, 0) is 44.6 Å². The lowest BCUT2D eigenvalue weighted by Gasteiger charge is -2.30. The van der Waals surface area contributed by atoms with Crippen molar-refractivity contribution in [2.75, 3.05) is 24.7 Å². The van der Waals surface area contributed by atoms with Gasteiger partial charge in [-0.1, -0.05) is 27.2 Å². The van der Waals surface area contributed by atoms with E-state index in [1.807, 2.05) is 31.4 Å². The van der Waals surface area contributed by atoms with Gasteiger partial charge in [-0.2, -0.15) is 4.98 Å². The third-order valence-electron chi connectivity index (χ3n) is 6.36. The van der Waals surface area contributed by atoms with Crippen molar-refractivity contribution in [3.05, 3.63) is 28.2 Å². The summed E-state index contributed by atoms with van der Waals surface area (Å²) < 4.78 is 26.8. The Morgan fingerprint density at radius 3 is 2.39 bits per heavy atom. The van der Waals surface area contributed by atoms with E-state index < -0.39 is 10.0 Å². The predicted molar refractivity (Wildman–Crippen MR) is 125 cm³/mol. The molecule has 9 heteroatoms. The van der Waals surface area contributed by atoms with Gasteiger partial charge in [-0.15, -0.1) is 0 Å². The second-order valence-corrected chi connectivity index (χ2v) is 10.5. The van der Waals surface area contributed by atoms with Crippen molar-refractivity contribution in [2.24, 2.45) is 5.92 Å². The van der Waals surface area contributed by atoms with Gasteiger partial charge < -0.3 is 5.32 Å². The smallest absolute Gasteiger partial charge is 0.255 e. The lowest BCUT2D eigenvalue weighted by atomic mass is 10.1. The number of fused-ring (bicyclic) bond motifs is 1. The van der Waals surface area contributed by atoms with E-state index in [-0.39, 0.29) is 17.6 Å². The van der Waals surface area contributed by atoms with Crippen LogP contribution >= 0.6 is 0 Å². The maximum Gasteiger partial charge on any atom is 0.255 e. The van der Waals surface area contributed by atoms with Crippen molar-refractivity contribution in [1.29, 1.82) is 0 Å². The molecule has 2 atom stereocenters. The first-order valence-electron chi connectivity index (χ1n) is 11.3. The van der Waals surface area contributed by atoms with E-state index in [0.717, 1.165) is 24.6 Å². The number of sulfonamides is 1. The minimum Gasteiger partial charge on any atom is -0.351 e. The maximum atomic E-state index is 13.0. The summed E-state index contributed by atoms with van der Waals surface area (Å²) in [5, 5.41) is 4.22. The molecule has 0 aromatic carbocycles. The Labute approximate surface area is 185 Å². The van der Waals surface area contributed by atoms with Gasteiger partial charge in [-0.25, -0.2) is 17.7 Å². The number of rotatable bonds is 4. The predicted octanol–water partition coefficient (Wildman–Crippen LogP) is 3.32. The minimum absolute atomic E-state index is 0.0300. The van der Waals surface area contributed by atoms with Crippen LogP contribution in [0.2, 0.25) is 0 Å². The zero-order chi connectivity index (χ0) is 22.8. The summed E-state index contributed by atoms with van der Waals surface area (Å²) >= 11 is 0. The van der Waals surface area contributed by atoms with Gasteiger partial charge in [-0.3, -0.25) is 9.36 Å². The molecule has 1 aliphatic heterocycles. The monoisotopic (exact) mass is 449 g/mol. The number of anilines is 1. The van der Waals surface area contributed by atoms with Crippen LogP contribution in [0.3, 0.4) is 0 Å². The second-order valence-electron chi connectivity index (χ2n) is 8.53. The Morgan fingerprint density at radius 1 is 1.13 bits per heavy atom. The van der Waals surface area contributed by atoms with E-state index in [4.69, 9.17) is 4.98 Å². The molecule has 1 saturated heterocycles. The summed E-state index contributed by atoms with van der Waals surface area (Å²) in [7, 11) is -3.14. The van der Waals surface area contributed by atoms with Crippen LogP contribution in [-0.4, -0.2) is 52.6 Å². The molecular weight excluding hydrogens is 414 g/mol. The van der Waals surface area contributed by atoms with Gasteiger partial charge in [0.2, 0.25) is 16.0 Å². The van der Waals surface area contributed by atoms with Crippen LogP contribution in [0.5, 0.6) is 0 Å². The first-order chi connectivity index (χ1) is 14.7. The number of piperidine rings is 1. The van der Waals surface area contributed by atoms with E-state index in [1.54, 1.807) is 6.20 Å². The fourth-order valence-corrected chi connectivity index (χ4v) is 5.53.